The van der Waals surface area contributed by atoms with Crippen molar-refractivity contribution in [2.45, 2.75) is 43.9 Å². The van der Waals surface area contributed by atoms with E-state index in [0.717, 1.165) is 6.92 Å². The molecular formula is C31H30Cl2F3N3O5. The summed E-state index contributed by atoms with van der Waals surface area (Å²) in [5.74, 6) is -5.02. The number of ether oxygens (including phenoxy) is 2. The highest BCUT2D eigenvalue weighted by atomic mass is 35.5. The summed E-state index contributed by atoms with van der Waals surface area (Å²) in [4.78, 5) is 40.5. The number of rotatable bonds is 8. The third-order valence-electron chi connectivity index (χ3n) is 8.55. The molecule has 1 aliphatic carbocycles. The van der Waals surface area contributed by atoms with Crippen molar-refractivity contribution in [3.05, 3.63) is 75.8 Å². The average Bonchev–Trinajstić information content (AvgIpc) is 3.62. The Morgan fingerprint density at radius 1 is 1.16 bits per heavy atom. The molecule has 1 unspecified atom stereocenters. The maximum Gasteiger partial charge on any atom is 0.391 e. The summed E-state index contributed by atoms with van der Waals surface area (Å²) in [6, 6.07) is 6.74. The molecule has 2 aromatic rings. The van der Waals surface area contributed by atoms with E-state index in [9.17, 15) is 27.6 Å². The van der Waals surface area contributed by atoms with E-state index in [-0.39, 0.29) is 23.6 Å². The molecule has 44 heavy (non-hydrogen) atoms. The van der Waals surface area contributed by atoms with Gasteiger partial charge in [0, 0.05) is 33.6 Å². The van der Waals surface area contributed by atoms with Gasteiger partial charge in [-0.3, -0.25) is 9.59 Å². The zero-order valence-corrected chi connectivity index (χ0v) is 25.4. The molecule has 2 amide bonds. The maximum atomic E-state index is 14.1. The van der Waals surface area contributed by atoms with Crippen molar-refractivity contribution in [3.8, 4) is 5.75 Å². The molecule has 2 aliphatic heterocycles. The molecular weight excluding hydrogens is 622 g/mol. The smallest absolute Gasteiger partial charge is 0.391 e. The van der Waals surface area contributed by atoms with Crippen LogP contribution in [0.25, 0.3) is 0 Å². The van der Waals surface area contributed by atoms with Gasteiger partial charge in [0.1, 0.15) is 5.75 Å². The molecule has 2 aromatic carbocycles. The van der Waals surface area contributed by atoms with Gasteiger partial charge >= 0.3 is 12.1 Å². The highest BCUT2D eigenvalue weighted by Crippen LogP contribution is 2.57. The minimum atomic E-state index is -4.55. The summed E-state index contributed by atoms with van der Waals surface area (Å²) in [7, 11) is 1.36. The molecule has 0 radical (unpaired) electrons. The molecule has 0 aromatic heterocycles. The molecule has 1 spiro atoms. The molecule has 2 heterocycles. The Bertz CT molecular complexity index is 1560. The fourth-order valence-electron chi connectivity index (χ4n) is 6.53. The first kappa shape index (κ1) is 31.9. The van der Waals surface area contributed by atoms with Gasteiger partial charge in [0.15, 0.2) is 0 Å². The van der Waals surface area contributed by atoms with Gasteiger partial charge in [-0.15, -0.1) is 0 Å². The van der Waals surface area contributed by atoms with Gasteiger partial charge < -0.3 is 25.4 Å². The van der Waals surface area contributed by atoms with Crippen molar-refractivity contribution in [3.63, 3.8) is 0 Å². The van der Waals surface area contributed by atoms with E-state index in [1.165, 1.54) is 31.4 Å². The zero-order chi connectivity index (χ0) is 32.0. The van der Waals surface area contributed by atoms with Crippen LogP contribution in [0, 0.1) is 17.8 Å². The molecule has 6 atom stereocenters. The Balaban J connectivity index is 1.61. The number of allylic oxidation sites excluding steroid dienone is 4. The lowest BCUT2D eigenvalue weighted by atomic mass is 9.61. The number of anilines is 2. The van der Waals surface area contributed by atoms with Crippen LogP contribution >= 0.6 is 23.2 Å². The number of benzene rings is 2. The molecule has 3 N–H and O–H groups in total. The van der Waals surface area contributed by atoms with E-state index in [0.29, 0.717) is 21.3 Å². The molecule has 8 nitrogen and oxygen atoms in total. The topological polar surface area (TPSA) is 106 Å². The molecule has 0 bridgehead atoms. The number of esters is 1. The Kier molecular flexibility index (Phi) is 8.76. The van der Waals surface area contributed by atoms with Crippen molar-refractivity contribution in [1.29, 1.82) is 0 Å². The van der Waals surface area contributed by atoms with Crippen LogP contribution in [0.4, 0.5) is 24.5 Å². The summed E-state index contributed by atoms with van der Waals surface area (Å²) in [5, 5.41) is 9.39. The number of carbonyl (C=O) groups excluding carboxylic acids is 3. The van der Waals surface area contributed by atoms with Gasteiger partial charge in [-0.25, -0.2) is 4.79 Å². The highest BCUT2D eigenvalue weighted by Gasteiger charge is 2.67. The van der Waals surface area contributed by atoms with E-state index in [4.69, 9.17) is 32.7 Å². The Morgan fingerprint density at radius 3 is 2.55 bits per heavy atom. The van der Waals surface area contributed by atoms with Crippen LogP contribution in [-0.2, 0) is 19.7 Å². The average molecular weight is 652 g/mol. The van der Waals surface area contributed by atoms with Gasteiger partial charge in [-0.1, -0.05) is 48.3 Å². The predicted molar refractivity (Wildman–Crippen MR) is 160 cm³/mol. The Labute approximate surface area is 261 Å². The summed E-state index contributed by atoms with van der Waals surface area (Å²) in [5.41, 5.74) is -0.422. The summed E-state index contributed by atoms with van der Waals surface area (Å²) in [6.07, 6.45) is 0.0215. The molecule has 5 rings (SSSR count). The van der Waals surface area contributed by atoms with Crippen LogP contribution < -0.4 is 20.7 Å². The Morgan fingerprint density at radius 2 is 1.91 bits per heavy atom. The SMILES string of the molecule is CCOC(=O)c1ccc(NC(=O)[C@@H]2N[C@@H](C[C@H](C)C(F)(F)F)[C@@]3(C(=O)Nc4cc(Cl)ccc43)[C@H]2C2C=CC=C2Cl)c(OC)c1. The monoisotopic (exact) mass is 651 g/mol. The number of fused-ring (bicyclic) bond motifs is 2. The van der Waals surface area contributed by atoms with E-state index in [1.54, 1.807) is 37.3 Å². The summed E-state index contributed by atoms with van der Waals surface area (Å²) < 4.78 is 52.3. The molecule has 3 aliphatic rings. The van der Waals surface area contributed by atoms with Crippen molar-refractivity contribution in [2.75, 3.05) is 24.4 Å². The van der Waals surface area contributed by atoms with Gasteiger partial charge in [-0.2, -0.15) is 13.2 Å². The number of halogens is 5. The van der Waals surface area contributed by atoms with E-state index < -0.39 is 65.6 Å². The standard InChI is InChI=1S/C31H30Cl2F3N3O5/c1-4-44-28(41)16-8-11-21(23(13-16)43-3)37-27(40)26-25(18-6-5-7-20(18)33)30(24(39-26)12-15(2)31(34,35)36)19-10-9-17(32)14-22(19)38-29(30)42/h5-11,13-15,18,24-26,39H,4,12H2,1-3H3,(H,37,40)(H,38,42)/t15-,18?,24-,25-,26+,30+/m0/s1. The zero-order valence-electron chi connectivity index (χ0n) is 23.9. The number of carbonyl (C=O) groups is 3. The van der Waals surface area contributed by atoms with Gasteiger partial charge in [-0.05, 0) is 55.3 Å². The van der Waals surface area contributed by atoms with Crippen LogP contribution in [0.1, 0.15) is 36.2 Å². The number of nitrogens with one attached hydrogen (secondary N) is 3. The number of amides is 2. The second-order valence-electron chi connectivity index (χ2n) is 11.0. The minimum absolute atomic E-state index is 0.160. The Hall–Kier alpha value is -3.54. The molecule has 13 heteroatoms. The van der Waals surface area contributed by atoms with E-state index in [2.05, 4.69) is 16.0 Å². The van der Waals surface area contributed by atoms with Crippen LogP contribution in [-0.4, -0.2) is 49.8 Å². The van der Waals surface area contributed by atoms with Crippen LogP contribution in [0.5, 0.6) is 5.75 Å². The first-order chi connectivity index (χ1) is 20.8. The van der Waals surface area contributed by atoms with Crippen LogP contribution in [0.2, 0.25) is 5.02 Å². The predicted octanol–water partition coefficient (Wildman–Crippen LogP) is 6.21. The summed E-state index contributed by atoms with van der Waals surface area (Å²) in [6.45, 7) is 2.88. The van der Waals surface area contributed by atoms with E-state index >= 15 is 0 Å². The fourth-order valence-corrected chi connectivity index (χ4v) is 6.98. The van der Waals surface area contributed by atoms with Crippen molar-refractivity contribution >= 4 is 52.4 Å². The van der Waals surface area contributed by atoms with E-state index in [1.807, 2.05) is 0 Å². The van der Waals surface area contributed by atoms with Crippen LogP contribution in [0.3, 0.4) is 0 Å². The minimum Gasteiger partial charge on any atom is -0.495 e. The molecule has 1 saturated heterocycles. The van der Waals surface area contributed by atoms with Crippen molar-refractivity contribution < 1.29 is 37.0 Å². The maximum absolute atomic E-state index is 14.1. The second-order valence-corrected chi connectivity index (χ2v) is 11.9. The molecule has 0 saturated carbocycles. The van der Waals surface area contributed by atoms with Crippen molar-refractivity contribution in [2.24, 2.45) is 17.8 Å². The lowest BCUT2D eigenvalue weighted by molar-refractivity contribution is -0.173. The lowest BCUT2D eigenvalue weighted by Crippen LogP contribution is -2.52. The normalized spacial score (nSPS) is 26.3. The highest BCUT2D eigenvalue weighted by molar-refractivity contribution is 6.31. The summed E-state index contributed by atoms with van der Waals surface area (Å²) >= 11 is 12.9. The largest absolute Gasteiger partial charge is 0.495 e. The third kappa shape index (κ3) is 5.46. The lowest BCUT2D eigenvalue weighted by Gasteiger charge is -2.38. The first-order valence-electron chi connectivity index (χ1n) is 14.0. The number of alkyl halides is 3. The number of hydrogen-bond donors (Lipinski definition) is 3. The number of hydrogen-bond acceptors (Lipinski definition) is 6. The molecule has 234 valence electrons. The van der Waals surface area contributed by atoms with Crippen molar-refractivity contribution in [1.82, 2.24) is 5.32 Å². The third-order valence-corrected chi connectivity index (χ3v) is 9.16. The van der Waals surface area contributed by atoms with Crippen LogP contribution in [0.15, 0.2) is 59.7 Å². The first-order valence-corrected chi connectivity index (χ1v) is 14.7. The van der Waals surface area contributed by atoms with Gasteiger partial charge in [0.05, 0.1) is 42.3 Å². The second kappa shape index (κ2) is 12.1. The number of methoxy groups -OCH3 is 1. The fraction of sp³-hybridized carbons (Fsp3) is 0.387. The quantitative estimate of drug-likeness (QED) is 0.293. The van der Waals surface area contributed by atoms with Gasteiger partial charge in [0.25, 0.3) is 0 Å². The van der Waals surface area contributed by atoms with Gasteiger partial charge in [0.2, 0.25) is 11.8 Å². The molecule has 1 fully saturated rings.